The summed E-state index contributed by atoms with van der Waals surface area (Å²) in [7, 11) is 0. The molecule has 2 aromatic rings. The fraction of sp³-hybridized carbons (Fsp3) is 0.167. The lowest BCUT2D eigenvalue weighted by Gasteiger charge is -1.99. The number of carbonyl (C=O) groups excluding carboxylic acids is 1. The highest BCUT2D eigenvalue weighted by atomic mass is 16.1. The molecule has 0 aliphatic rings. The Morgan fingerprint density at radius 1 is 1.27 bits per heavy atom. The number of hydrogen-bond donors (Lipinski definition) is 1. The number of nitrogens with one attached hydrogen (secondary N) is 1. The van der Waals surface area contributed by atoms with E-state index >= 15 is 0 Å². The van der Waals surface area contributed by atoms with Crippen molar-refractivity contribution in [2.45, 2.75) is 13.3 Å². The number of hydrogen-bond acceptors (Lipinski definition) is 2. The molecule has 1 N–H and O–H groups in total. The molecule has 2 rings (SSSR count). The summed E-state index contributed by atoms with van der Waals surface area (Å²) in [6.07, 6.45) is 2.56. The number of aromatic amines is 1. The van der Waals surface area contributed by atoms with Crippen LogP contribution in [0, 0.1) is 0 Å². The third kappa shape index (κ3) is 1.96. The van der Waals surface area contributed by atoms with Crippen molar-refractivity contribution in [3.63, 3.8) is 0 Å². The van der Waals surface area contributed by atoms with Crippen molar-refractivity contribution in [2.75, 3.05) is 0 Å². The maximum atomic E-state index is 11.8. The van der Waals surface area contributed by atoms with Crippen LogP contribution in [-0.2, 0) is 6.42 Å². The fourth-order valence-electron chi connectivity index (χ4n) is 1.43. The Balaban J connectivity index is 2.27. The van der Waals surface area contributed by atoms with Gasteiger partial charge in [0.25, 0.3) is 0 Å². The molecular weight excluding hydrogens is 188 g/mol. The van der Waals surface area contributed by atoms with Crippen molar-refractivity contribution in [2.24, 2.45) is 0 Å². The van der Waals surface area contributed by atoms with Gasteiger partial charge in [0, 0.05) is 11.8 Å². The number of benzene rings is 1. The predicted molar refractivity (Wildman–Crippen MR) is 57.8 cm³/mol. The Hall–Kier alpha value is -1.90. The van der Waals surface area contributed by atoms with Gasteiger partial charge in [-0.15, -0.1) is 0 Å². The lowest BCUT2D eigenvalue weighted by atomic mass is 10.1. The van der Waals surface area contributed by atoms with Gasteiger partial charge in [-0.1, -0.05) is 31.2 Å². The first-order valence-electron chi connectivity index (χ1n) is 4.94. The molecule has 15 heavy (non-hydrogen) atoms. The molecule has 0 saturated carbocycles. The number of aryl methyl sites for hydroxylation is 1. The molecule has 76 valence electrons. The van der Waals surface area contributed by atoms with Gasteiger partial charge in [-0.25, -0.2) is 0 Å². The zero-order chi connectivity index (χ0) is 10.7. The quantitative estimate of drug-likeness (QED) is 0.772. The second-order valence-electron chi connectivity index (χ2n) is 3.35. The smallest absolute Gasteiger partial charge is 0.210 e. The van der Waals surface area contributed by atoms with Gasteiger partial charge in [-0.3, -0.25) is 9.89 Å². The lowest BCUT2D eigenvalue weighted by molar-refractivity contribution is 0.103. The zero-order valence-corrected chi connectivity index (χ0v) is 8.53. The molecule has 1 heterocycles. The van der Waals surface area contributed by atoms with Crippen LogP contribution >= 0.6 is 0 Å². The molecule has 0 bridgehead atoms. The minimum atomic E-state index is -0.0184. The van der Waals surface area contributed by atoms with E-state index in [0.29, 0.717) is 11.3 Å². The largest absolute Gasteiger partial charge is 0.287 e. The van der Waals surface area contributed by atoms with Crippen molar-refractivity contribution in [1.29, 1.82) is 0 Å². The molecule has 3 nitrogen and oxygen atoms in total. The van der Waals surface area contributed by atoms with Gasteiger partial charge in [-0.2, -0.15) is 5.10 Å². The minimum Gasteiger partial charge on any atom is -0.287 e. The van der Waals surface area contributed by atoms with Gasteiger partial charge in [-0.05, 0) is 18.1 Å². The fourth-order valence-corrected chi connectivity index (χ4v) is 1.43. The molecule has 1 aromatic carbocycles. The van der Waals surface area contributed by atoms with Crippen LogP contribution < -0.4 is 0 Å². The Morgan fingerprint density at radius 3 is 2.53 bits per heavy atom. The van der Waals surface area contributed by atoms with Gasteiger partial charge < -0.3 is 0 Å². The number of H-pyrrole nitrogens is 1. The monoisotopic (exact) mass is 200 g/mol. The molecular formula is C12H12N2O. The number of carbonyl (C=O) groups is 1. The zero-order valence-electron chi connectivity index (χ0n) is 8.53. The minimum absolute atomic E-state index is 0.0184. The summed E-state index contributed by atoms with van der Waals surface area (Å²) in [4.78, 5) is 11.8. The van der Waals surface area contributed by atoms with Crippen LogP contribution in [0.25, 0.3) is 0 Å². The third-order valence-electron chi connectivity index (χ3n) is 2.37. The summed E-state index contributed by atoms with van der Waals surface area (Å²) < 4.78 is 0. The van der Waals surface area contributed by atoms with E-state index in [2.05, 4.69) is 17.1 Å². The maximum Gasteiger partial charge on any atom is 0.210 e. The molecule has 0 aliphatic heterocycles. The van der Waals surface area contributed by atoms with Crippen molar-refractivity contribution in [1.82, 2.24) is 10.2 Å². The Kier molecular flexibility index (Phi) is 2.63. The average molecular weight is 200 g/mol. The van der Waals surface area contributed by atoms with E-state index in [4.69, 9.17) is 0 Å². The number of rotatable bonds is 3. The highest BCUT2D eigenvalue weighted by Gasteiger charge is 2.09. The van der Waals surface area contributed by atoms with Crippen LogP contribution in [0.5, 0.6) is 0 Å². The van der Waals surface area contributed by atoms with E-state index in [0.717, 1.165) is 6.42 Å². The summed E-state index contributed by atoms with van der Waals surface area (Å²) >= 11 is 0. The molecule has 0 saturated heterocycles. The van der Waals surface area contributed by atoms with Crippen LogP contribution in [0.4, 0.5) is 0 Å². The van der Waals surface area contributed by atoms with Crippen LogP contribution in [0.2, 0.25) is 0 Å². The highest BCUT2D eigenvalue weighted by Crippen LogP contribution is 2.09. The summed E-state index contributed by atoms with van der Waals surface area (Å²) in [5, 5.41) is 6.42. The first-order valence-corrected chi connectivity index (χ1v) is 4.94. The molecule has 3 heteroatoms. The lowest BCUT2D eigenvalue weighted by Crippen LogP contribution is -2.01. The van der Waals surface area contributed by atoms with Crippen LogP contribution in [0.1, 0.15) is 28.5 Å². The van der Waals surface area contributed by atoms with Gasteiger partial charge in [0.2, 0.25) is 5.78 Å². The number of aromatic nitrogens is 2. The summed E-state index contributed by atoms with van der Waals surface area (Å²) in [6, 6.07) is 9.33. The number of ketones is 1. The number of nitrogens with zero attached hydrogens (tertiary/aromatic N) is 1. The van der Waals surface area contributed by atoms with E-state index < -0.39 is 0 Å². The molecule has 0 spiro atoms. The predicted octanol–water partition coefficient (Wildman–Crippen LogP) is 2.20. The van der Waals surface area contributed by atoms with Crippen LogP contribution in [-0.4, -0.2) is 16.0 Å². The van der Waals surface area contributed by atoms with Crippen molar-refractivity contribution < 1.29 is 4.79 Å². The second-order valence-corrected chi connectivity index (χ2v) is 3.35. The molecule has 0 unspecified atom stereocenters. The molecule has 0 atom stereocenters. The van der Waals surface area contributed by atoms with Gasteiger partial charge in [0.05, 0.1) is 0 Å². The van der Waals surface area contributed by atoms with E-state index in [1.54, 1.807) is 12.3 Å². The van der Waals surface area contributed by atoms with E-state index in [-0.39, 0.29) is 5.78 Å². The third-order valence-corrected chi connectivity index (χ3v) is 2.37. The first-order chi connectivity index (χ1) is 7.31. The first kappa shape index (κ1) is 9.65. The Morgan fingerprint density at radius 2 is 2.00 bits per heavy atom. The van der Waals surface area contributed by atoms with Gasteiger partial charge in [0.1, 0.15) is 5.69 Å². The topological polar surface area (TPSA) is 45.8 Å². The van der Waals surface area contributed by atoms with Gasteiger partial charge in [0.15, 0.2) is 0 Å². The molecule has 0 amide bonds. The summed E-state index contributed by atoms with van der Waals surface area (Å²) in [5.41, 5.74) is 2.45. The standard InChI is InChI=1S/C12H12N2O/c1-2-9-3-5-10(6-4-9)12(15)11-7-8-13-14-11/h3-8H,2H2,1H3,(H,13,14). The molecule has 0 fully saturated rings. The summed E-state index contributed by atoms with van der Waals surface area (Å²) in [6.45, 7) is 2.09. The van der Waals surface area contributed by atoms with E-state index in [1.165, 1.54) is 5.56 Å². The Bertz CT molecular complexity index is 443. The van der Waals surface area contributed by atoms with Crippen LogP contribution in [0.15, 0.2) is 36.5 Å². The van der Waals surface area contributed by atoms with Crippen molar-refractivity contribution in [3.8, 4) is 0 Å². The van der Waals surface area contributed by atoms with E-state index in [9.17, 15) is 4.79 Å². The van der Waals surface area contributed by atoms with Crippen molar-refractivity contribution in [3.05, 3.63) is 53.3 Å². The molecule has 0 radical (unpaired) electrons. The Labute approximate surface area is 88.1 Å². The SMILES string of the molecule is CCc1ccc(C(=O)c2ccn[nH]2)cc1. The maximum absolute atomic E-state index is 11.8. The second kappa shape index (κ2) is 4.09. The normalized spacial score (nSPS) is 10.2. The molecule has 1 aromatic heterocycles. The van der Waals surface area contributed by atoms with Crippen molar-refractivity contribution >= 4 is 5.78 Å². The summed E-state index contributed by atoms with van der Waals surface area (Å²) in [5.74, 6) is -0.0184. The van der Waals surface area contributed by atoms with Crippen LogP contribution in [0.3, 0.4) is 0 Å². The van der Waals surface area contributed by atoms with Gasteiger partial charge >= 0.3 is 0 Å². The highest BCUT2D eigenvalue weighted by molar-refractivity contribution is 6.07. The average Bonchev–Trinajstić information content (AvgIpc) is 2.82. The molecule has 0 aliphatic carbocycles. The van der Waals surface area contributed by atoms with E-state index in [1.807, 2.05) is 24.3 Å².